The number of carbonyl (C=O) groups excluding carboxylic acids is 1. The lowest BCUT2D eigenvalue weighted by molar-refractivity contribution is 0.00342. The van der Waals surface area contributed by atoms with Crippen molar-refractivity contribution in [2.45, 2.75) is 99.6 Å². The summed E-state index contributed by atoms with van der Waals surface area (Å²) in [7, 11) is 3.28. The number of aromatic nitrogens is 4. The Labute approximate surface area is 290 Å². The lowest BCUT2D eigenvalue weighted by Crippen LogP contribution is -2.26. The summed E-state index contributed by atoms with van der Waals surface area (Å²) in [6.45, 7) is 19.5. The highest BCUT2D eigenvalue weighted by molar-refractivity contribution is 6.05. The number of carboxylic acid groups (broad SMARTS) is 1. The van der Waals surface area contributed by atoms with Gasteiger partial charge in [0.15, 0.2) is 0 Å². The summed E-state index contributed by atoms with van der Waals surface area (Å²) in [5, 5.41) is 10.9. The molecule has 1 N–H and O–H groups in total. The Kier molecular flexibility index (Phi) is 15.4. The second kappa shape index (κ2) is 18.2. The van der Waals surface area contributed by atoms with Gasteiger partial charge in [0.05, 0.1) is 61.8 Å². The van der Waals surface area contributed by atoms with Crippen LogP contribution in [0.2, 0.25) is 0 Å². The predicted octanol–water partition coefficient (Wildman–Crippen LogP) is 7.20. The van der Waals surface area contributed by atoms with Gasteiger partial charge in [0.2, 0.25) is 0 Å². The average molecular weight is 685 g/mol. The number of rotatable bonds is 14. The molecule has 4 rings (SSSR count). The summed E-state index contributed by atoms with van der Waals surface area (Å²) < 4.78 is 31.3. The fourth-order valence-electron chi connectivity index (χ4n) is 5.70. The maximum Gasteiger partial charge on any atom is 0.341 e. The molecule has 4 aromatic rings. The number of hydrogen-bond acceptors (Lipinski definition) is 9. The van der Waals surface area contributed by atoms with Crippen LogP contribution in [0.3, 0.4) is 0 Å². The average Bonchev–Trinajstić information content (AvgIpc) is 3.49. The summed E-state index contributed by atoms with van der Waals surface area (Å²) in [4.78, 5) is 33.2. The Morgan fingerprint density at radius 2 is 1.16 bits per heavy atom. The van der Waals surface area contributed by atoms with Gasteiger partial charge >= 0.3 is 11.9 Å². The van der Waals surface area contributed by atoms with Crippen LogP contribution >= 0.6 is 0 Å². The molecule has 12 nitrogen and oxygen atoms in total. The molecule has 4 unspecified atom stereocenters. The number of fused-ring (bicyclic) bond motifs is 2. The molecular weight excluding hydrogens is 628 g/mol. The molecule has 4 heterocycles. The molecule has 0 saturated heterocycles. The van der Waals surface area contributed by atoms with E-state index < -0.39 is 11.6 Å². The highest BCUT2D eigenvalue weighted by Gasteiger charge is 2.29. The zero-order valence-corrected chi connectivity index (χ0v) is 30.2. The molecule has 0 aliphatic heterocycles. The van der Waals surface area contributed by atoms with E-state index in [4.69, 9.17) is 23.7 Å². The van der Waals surface area contributed by atoms with Gasteiger partial charge in [-0.3, -0.25) is 0 Å². The molecule has 49 heavy (non-hydrogen) atoms. The van der Waals surface area contributed by atoms with Crippen LogP contribution in [0.15, 0.2) is 36.7 Å². The minimum absolute atomic E-state index is 0. The number of carboxylic acids is 1. The molecule has 4 aromatic heterocycles. The van der Waals surface area contributed by atoms with Gasteiger partial charge in [0.1, 0.15) is 16.9 Å². The molecule has 0 bridgehead atoms. The van der Waals surface area contributed by atoms with Crippen LogP contribution in [0.5, 0.6) is 0 Å². The van der Waals surface area contributed by atoms with Gasteiger partial charge in [0, 0.05) is 48.8 Å². The molecule has 0 spiro atoms. The van der Waals surface area contributed by atoms with E-state index in [1.807, 2.05) is 72.1 Å². The first-order valence-electron chi connectivity index (χ1n) is 16.2. The summed E-state index contributed by atoms with van der Waals surface area (Å²) >= 11 is 0. The van der Waals surface area contributed by atoms with Gasteiger partial charge in [-0.25, -0.2) is 19.6 Å². The van der Waals surface area contributed by atoms with Crippen molar-refractivity contribution in [3.63, 3.8) is 0 Å². The van der Waals surface area contributed by atoms with Crippen LogP contribution in [-0.2, 0) is 23.7 Å². The van der Waals surface area contributed by atoms with Crippen molar-refractivity contribution in [3.8, 4) is 0 Å². The fraction of sp³-hybridized carbons (Fsp3) is 0.568. The zero-order valence-electron chi connectivity index (χ0n) is 30.2. The Morgan fingerprint density at radius 1 is 0.755 bits per heavy atom. The highest BCUT2D eigenvalue weighted by Crippen LogP contribution is 2.32. The van der Waals surface area contributed by atoms with E-state index in [1.54, 1.807) is 38.7 Å². The minimum Gasteiger partial charge on any atom is -0.478 e. The van der Waals surface area contributed by atoms with E-state index in [2.05, 4.69) is 21.5 Å². The third-order valence-corrected chi connectivity index (χ3v) is 8.34. The second-order valence-electron chi connectivity index (χ2n) is 12.8. The molecule has 4 atom stereocenters. The van der Waals surface area contributed by atoms with Gasteiger partial charge in [-0.05, 0) is 86.6 Å². The maximum atomic E-state index is 12.8. The normalized spacial score (nSPS) is 14.0. The molecule has 0 amide bonds. The molecule has 0 aliphatic rings. The number of esters is 1. The summed E-state index contributed by atoms with van der Waals surface area (Å²) in [6.07, 6.45) is 3.26. The topological polar surface area (TPSA) is 136 Å². The second-order valence-corrected chi connectivity index (χ2v) is 12.8. The molecule has 0 radical (unpaired) electrons. The van der Waals surface area contributed by atoms with Crippen LogP contribution in [0, 0.1) is 13.8 Å². The van der Waals surface area contributed by atoms with Crippen LogP contribution in [0.25, 0.3) is 22.1 Å². The van der Waals surface area contributed by atoms with Crippen LogP contribution < -0.4 is 0 Å². The monoisotopic (exact) mass is 684 g/mol. The molecule has 0 fully saturated rings. The van der Waals surface area contributed by atoms with Crippen molar-refractivity contribution < 1.29 is 38.4 Å². The first kappa shape index (κ1) is 41.3. The number of pyridine rings is 2. The third-order valence-electron chi connectivity index (χ3n) is 8.34. The van der Waals surface area contributed by atoms with Crippen molar-refractivity contribution in [2.75, 3.05) is 40.6 Å². The molecule has 0 saturated carbocycles. The van der Waals surface area contributed by atoms with Crippen molar-refractivity contribution in [3.05, 3.63) is 59.2 Å². The maximum absolute atomic E-state index is 12.8. The smallest absolute Gasteiger partial charge is 0.341 e. The Bertz CT molecular complexity index is 1670. The number of ether oxygens (including phenoxy) is 5. The van der Waals surface area contributed by atoms with Crippen molar-refractivity contribution in [1.29, 1.82) is 0 Å². The number of hydrogen-bond donors (Lipinski definition) is 1. The van der Waals surface area contributed by atoms with E-state index in [0.29, 0.717) is 54.3 Å². The standard InChI is InChI=1S/C20H30N2O4.C16H22N2O4.CH4/c1-13(15(3)25-12-11-24-7)22-14(2)17(19(23)26-20(4,5)6)16-9-8-10-21-18(16)22;1-10(12(3)22-9-8-21-4)18-11(2)14(16(19)20)13-6-5-7-17-15(13)18;/h8-10,13,15H,11-12H2,1-7H3;5-7,10,12H,8-9H2,1-4H3,(H,19,20);1H4. The number of methoxy groups -OCH3 is 2. The molecule has 272 valence electrons. The van der Waals surface area contributed by atoms with Crippen molar-refractivity contribution in [2.24, 2.45) is 0 Å². The Balaban J connectivity index is 0.000000338. The first-order valence-corrected chi connectivity index (χ1v) is 16.2. The van der Waals surface area contributed by atoms with Gasteiger partial charge in [-0.1, -0.05) is 7.43 Å². The minimum atomic E-state index is -0.936. The van der Waals surface area contributed by atoms with Crippen molar-refractivity contribution >= 4 is 34.0 Å². The molecule has 0 aliphatic carbocycles. The van der Waals surface area contributed by atoms with Gasteiger partial charge in [-0.15, -0.1) is 0 Å². The lowest BCUT2D eigenvalue weighted by atomic mass is 10.1. The highest BCUT2D eigenvalue weighted by atomic mass is 16.6. The van der Waals surface area contributed by atoms with Gasteiger partial charge in [0.25, 0.3) is 0 Å². The van der Waals surface area contributed by atoms with Gasteiger partial charge < -0.3 is 37.9 Å². The zero-order chi connectivity index (χ0) is 35.8. The summed E-state index contributed by atoms with van der Waals surface area (Å²) in [6, 6.07) is 7.25. The van der Waals surface area contributed by atoms with E-state index in [1.165, 1.54) is 0 Å². The summed E-state index contributed by atoms with van der Waals surface area (Å²) in [5.74, 6) is -1.26. The summed E-state index contributed by atoms with van der Waals surface area (Å²) in [5.41, 5.74) is 3.28. The molecular formula is C37H56N4O8. The van der Waals surface area contributed by atoms with Crippen LogP contribution in [0.1, 0.15) is 100 Å². The number of carbonyl (C=O) groups is 2. The van der Waals surface area contributed by atoms with Gasteiger partial charge in [-0.2, -0.15) is 0 Å². The first-order chi connectivity index (χ1) is 22.7. The SMILES string of the molecule is C.COCCOC(C)C(C)n1c(C)c(C(=O)O)c2cccnc21.COCCOC(C)C(C)n1c(C)c(C(=O)OC(C)(C)C)c2cccnc21. The Morgan fingerprint density at radius 3 is 1.55 bits per heavy atom. The van der Waals surface area contributed by atoms with E-state index in [9.17, 15) is 14.7 Å². The fourth-order valence-corrected chi connectivity index (χ4v) is 5.70. The third kappa shape index (κ3) is 9.87. The predicted molar refractivity (Wildman–Crippen MR) is 192 cm³/mol. The van der Waals surface area contributed by atoms with E-state index >= 15 is 0 Å². The number of nitrogens with zero attached hydrogens (tertiary/aromatic N) is 4. The van der Waals surface area contributed by atoms with Crippen LogP contribution in [0.4, 0.5) is 0 Å². The van der Waals surface area contributed by atoms with E-state index in [-0.39, 0.29) is 37.7 Å². The van der Waals surface area contributed by atoms with Crippen LogP contribution in [-0.4, -0.2) is 94.6 Å². The quantitative estimate of drug-likeness (QED) is 0.107. The molecule has 0 aromatic carbocycles. The largest absolute Gasteiger partial charge is 0.478 e. The van der Waals surface area contributed by atoms with E-state index in [0.717, 1.165) is 16.7 Å². The van der Waals surface area contributed by atoms with Crippen molar-refractivity contribution in [1.82, 2.24) is 19.1 Å². The lowest BCUT2D eigenvalue weighted by Gasteiger charge is -2.24. The Hall–Kier alpha value is -3.84. The number of aromatic carboxylic acids is 1. The molecule has 12 heteroatoms.